The lowest BCUT2D eigenvalue weighted by Crippen LogP contribution is -2.21. The maximum absolute atomic E-state index is 9.51. The Hall–Kier alpha value is -5.26. The molecule has 0 amide bonds. The predicted octanol–water partition coefficient (Wildman–Crippen LogP) is 3.60. The fourth-order valence-electron chi connectivity index (χ4n) is 4.60. The molecule has 5 rings (SSSR count). The van der Waals surface area contributed by atoms with Gasteiger partial charge in [0.05, 0.1) is 30.4 Å². The quantitative estimate of drug-likeness (QED) is 0.182. The van der Waals surface area contributed by atoms with Gasteiger partial charge in [-0.1, -0.05) is 73.0 Å². The molecule has 10 heteroatoms. The first-order chi connectivity index (χ1) is 17.6. The molecule has 0 aliphatic rings. The Morgan fingerprint density at radius 3 is 0.861 bits per heavy atom. The number of nitrogens with zero attached hydrogens (tertiary/aromatic N) is 8. The Bertz CT molecular complexity index is 2020. The van der Waals surface area contributed by atoms with Crippen LogP contribution in [0.5, 0.6) is 0 Å². The van der Waals surface area contributed by atoms with Gasteiger partial charge in [-0.15, -0.1) is 0 Å². The van der Waals surface area contributed by atoms with Crippen molar-refractivity contribution in [1.82, 2.24) is 0 Å². The van der Waals surface area contributed by atoms with Crippen LogP contribution < -0.4 is 21.4 Å². The summed E-state index contributed by atoms with van der Waals surface area (Å²) in [6.45, 7) is 0. The molecule has 0 aliphatic carbocycles. The van der Waals surface area contributed by atoms with Crippen LogP contribution in [0.4, 0.5) is 0 Å². The average molecular weight is 497 g/mol. The second-order valence-corrected chi connectivity index (χ2v) is 8.31. The van der Waals surface area contributed by atoms with Crippen LogP contribution in [0.3, 0.4) is 0 Å². The normalized spacial score (nSPS) is 13.2. The van der Waals surface area contributed by atoms with Gasteiger partial charge in [0.25, 0.3) is 0 Å². The SMILES string of the molecule is N#CN=c1c2ccccc2c(=NC#N)c2c(=S)c3c(=NC#N)c4ccccc4c(=NC#N)c3c(=S)c12. The van der Waals surface area contributed by atoms with E-state index in [2.05, 4.69) is 20.0 Å². The zero-order valence-electron chi connectivity index (χ0n) is 18.0. The minimum Gasteiger partial charge on any atom is -0.172 e. The molecule has 0 spiro atoms. The number of benzene rings is 5. The van der Waals surface area contributed by atoms with Crippen LogP contribution in [0.15, 0.2) is 68.5 Å². The molecule has 0 radical (unpaired) electrons. The van der Waals surface area contributed by atoms with E-state index in [0.717, 1.165) is 0 Å². The van der Waals surface area contributed by atoms with Gasteiger partial charge in [-0.3, -0.25) is 0 Å². The van der Waals surface area contributed by atoms with Crippen LogP contribution in [0.2, 0.25) is 0 Å². The van der Waals surface area contributed by atoms with Crippen LogP contribution in [0, 0.1) is 54.8 Å². The maximum Gasteiger partial charge on any atom is 0.206 e. The van der Waals surface area contributed by atoms with Gasteiger partial charge in [0.15, 0.2) is 0 Å². The highest BCUT2D eigenvalue weighted by atomic mass is 32.1. The van der Waals surface area contributed by atoms with Gasteiger partial charge < -0.3 is 0 Å². The Balaban J connectivity index is 2.42. The molecule has 164 valence electrons. The lowest BCUT2D eigenvalue weighted by molar-refractivity contribution is 1.33. The highest BCUT2D eigenvalue weighted by Crippen LogP contribution is 2.24. The third-order valence-electron chi connectivity index (χ3n) is 5.88. The smallest absolute Gasteiger partial charge is 0.172 e. The summed E-state index contributed by atoms with van der Waals surface area (Å²) in [6.07, 6.45) is 7.31. The molecule has 0 saturated carbocycles. The fraction of sp³-hybridized carbons (Fsp3) is 0. The zero-order chi connectivity index (χ0) is 25.4. The number of nitriles is 4. The van der Waals surface area contributed by atoms with Gasteiger partial charge in [-0.2, -0.15) is 41.0 Å². The fourth-order valence-corrected chi connectivity index (χ4v) is 5.40. The summed E-state index contributed by atoms with van der Waals surface area (Å²) in [5.41, 5.74) is 0. The van der Waals surface area contributed by atoms with E-state index in [0.29, 0.717) is 43.1 Å². The molecule has 0 unspecified atom stereocenters. The standard InChI is InChI=1S/C26H8N8S2/c27-9-31-21-13-5-1-2-6-14(13)22(32-10-28)18-17(21)25(35)19-20(26(18)36)24(34-12-30)16-8-4-3-7-15(16)23(19)33-11-29/h1-8H. The molecule has 5 aromatic rings. The van der Waals surface area contributed by atoms with Gasteiger partial charge in [0.1, 0.15) is 0 Å². The van der Waals surface area contributed by atoms with Crippen LogP contribution >= 0.6 is 24.4 Å². The first-order valence-corrected chi connectivity index (χ1v) is 11.1. The van der Waals surface area contributed by atoms with E-state index in [9.17, 15) is 21.0 Å². The predicted molar refractivity (Wildman–Crippen MR) is 136 cm³/mol. The van der Waals surface area contributed by atoms with E-state index in [4.69, 9.17) is 24.4 Å². The molecule has 8 nitrogen and oxygen atoms in total. The molecular formula is C26H8N8S2. The number of rotatable bonds is 0. The average Bonchev–Trinajstić information content (AvgIpc) is 2.89. The largest absolute Gasteiger partial charge is 0.206 e. The van der Waals surface area contributed by atoms with Gasteiger partial charge in [-0.25, -0.2) is 0 Å². The maximum atomic E-state index is 9.51. The van der Waals surface area contributed by atoms with E-state index >= 15 is 0 Å². The minimum atomic E-state index is 0.205. The third-order valence-corrected chi connectivity index (χ3v) is 6.69. The van der Waals surface area contributed by atoms with Gasteiger partial charge in [0, 0.05) is 43.1 Å². The summed E-state index contributed by atoms with van der Waals surface area (Å²) in [6, 6.07) is 14.1. The molecule has 0 atom stereocenters. The van der Waals surface area contributed by atoms with Crippen molar-refractivity contribution in [2.45, 2.75) is 0 Å². The van der Waals surface area contributed by atoms with Crippen molar-refractivity contribution < 1.29 is 0 Å². The van der Waals surface area contributed by atoms with Crippen molar-refractivity contribution >= 4 is 67.5 Å². The Morgan fingerprint density at radius 2 is 0.667 bits per heavy atom. The van der Waals surface area contributed by atoms with Gasteiger partial charge >= 0.3 is 0 Å². The molecular weight excluding hydrogens is 488 g/mol. The van der Waals surface area contributed by atoms with E-state index in [1.807, 2.05) is 24.8 Å². The molecule has 0 N–H and O–H groups in total. The second kappa shape index (κ2) is 8.83. The Kier molecular flexibility index (Phi) is 5.53. The number of fused-ring (bicyclic) bond motifs is 4. The van der Waals surface area contributed by atoms with Gasteiger partial charge in [-0.05, 0) is 0 Å². The molecule has 0 bridgehead atoms. The molecule has 0 aromatic heterocycles. The monoisotopic (exact) mass is 496 g/mol. The molecule has 0 aliphatic heterocycles. The molecule has 5 aromatic carbocycles. The number of hydrogen-bond donors (Lipinski definition) is 0. The van der Waals surface area contributed by atoms with Gasteiger partial charge in [0.2, 0.25) is 24.8 Å². The first kappa shape index (κ1) is 22.5. The zero-order valence-corrected chi connectivity index (χ0v) is 19.6. The van der Waals surface area contributed by atoms with Crippen molar-refractivity contribution in [3.63, 3.8) is 0 Å². The van der Waals surface area contributed by atoms with E-state index < -0.39 is 0 Å². The molecule has 0 heterocycles. The van der Waals surface area contributed by atoms with Crippen molar-refractivity contribution in [2.24, 2.45) is 20.0 Å². The highest BCUT2D eigenvalue weighted by molar-refractivity contribution is 7.72. The highest BCUT2D eigenvalue weighted by Gasteiger charge is 2.19. The van der Waals surface area contributed by atoms with Crippen molar-refractivity contribution in [1.29, 1.82) is 21.0 Å². The summed E-state index contributed by atoms with van der Waals surface area (Å²) in [5.74, 6) is 0. The second-order valence-electron chi connectivity index (χ2n) is 7.49. The molecule has 36 heavy (non-hydrogen) atoms. The topological polar surface area (TPSA) is 145 Å². The Morgan fingerprint density at radius 1 is 0.444 bits per heavy atom. The van der Waals surface area contributed by atoms with Crippen LogP contribution in [-0.2, 0) is 0 Å². The van der Waals surface area contributed by atoms with Crippen LogP contribution in [-0.4, -0.2) is 0 Å². The lowest BCUT2D eigenvalue weighted by Gasteiger charge is -2.10. The minimum absolute atomic E-state index is 0.205. The Labute approximate surface area is 211 Å². The van der Waals surface area contributed by atoms with E-state index in [1.54, 1.807) is 48.5 Å². The molecule has 0 fully saturated rings. The molecule has 0 saturated heterocycles. The third kappa shape index (κ3) is 3.08. The van der Waals surface area contributed by atoms with Crippen molar-refractivity contribution in [3.05, 3.63) is 79.0 Å². The summed E-state index contributed by atoms with van der Waals surface area (Å²) in [5, 5.41) is 42.7. The van der Waals surface area contributed by atoms with Crippen LogP contribution in [0.25, 0.3) is 43.1 Å². The van der Waals surface area contributed by atoms with E-state index in [-0.39, 0.29) is 30.4 Å². The first-order valence-electron chi connectivity index (χ1n) is 10.2. The van der Waals surface area contributed by atoms with Crippen molar-refractivity contribution in [2.75, 3.05) is 0 Å². The summed E-state index contributed by atoms with van der Waals surface area (Å²) < 4.78 is 0.411. The van der Waals surface area contributed by atoms with Crippen LogP contribution in [0.1, 0.15) is 0 Å². The van der Waals surface area contributed by atoms with Crippen molar-refractivity contribution in [3.8, 4) is 24.8 Å². The summed E-state index contributed by atoms with van der Waals surface area (Å²) in [4.78, 5) is 16.3. The summed E-state index contributed by atoms with van der Waals surface area (Å²) >= 11 is 11.9. The lowest BCUT2D eigenvalue weighted by atomic mass is 9.94. The van der Waals surface area contributed by atoms with E-state index in [1.165, 1.54) is 0 Å². The number of hydrogen-bond acceptors (Lipinski definition) is 10. The summed E-state index contributed by atoms with van der Waals surface area (Å²) in [7, 11) is 0.